The Labute approximate surface area is 119 Å². The minimum absolute atomic E-state index is 0.298. The number of ether oxygens (including phenoxy) is 4. The minimum atomic E-state index is 0.298. The third-order valence-corrected chi connectivity index (χ3v) is 3.42. The van der Waals surface area contributed by atoms with E-state index >= 15 is 0 Å². The topological polar surface area (TPSA) is 43.5 Å². The molecule has 0 N–H and O–H groups in total. The Hall–Kier alpha value is -1.20. The van der Waals surface area contributed by atoms with Gasteiger partial charge >= 0.3 is 0 Å². The first-order valence-corrected chi connectivity index (χ1v) is 6.98. The Morgan fingerprint density at radius 1 is 1.05 bits per heavy atom. The quantitative estimate of drug-likeness (QED) is 0.648. The molecule has 1 aromatic rings. The van der Waals surface area contributed by atoms with Crippen molar-refractivity contribution in [3.63, 3.8) is 0 Å². The van der Waals surface area contributed by atoms with Gasteiger partial charge in [-0.3, -0.25) is 0 Å². The summed E-state index contributed by atoms with van der Waals surface area (Å²) in [7, 11) is 0. The predicted molar refractivity (Wildman–Crippen MR) is 75.3 cm³/mol. The molecule has 1 aromatic carbocycles. The predicted octanol–water partition coefficient (Wildman–Crippen LogP) is 2.16. The smallest absolute Gasteiger partial charge is 0.104 e. The van der Waals surface area contributed by atoms with Gasteiger partial charge in [-0.2, -0.15) is 0 Å². The summed E-state index contributed by atoms with van der Waals surface area (Å²) < 4.78 is 21.6. The Kier molecular flexibility index (Phi) is 4.47. The van der Waals surface area contributed by atoms with Gasteiger partial charge in [-0.05, 0) is 16.7 Å². The molecule has 2 heterocycles. The van der Waals surface area contributed by atoms with Gasteiger partial charge in [0.05, 0.1) is 39.6 Å². The lowest BCUT2D eigenvalue weighted by atomic mass is 10.0. The van der Waals surface area contributed by atoms with Crippen LogP contribution in [0.1, 0.15) is 16.7 Å². The monoisotopic (exact) mass is 276 g/mol. The van der Waals surface area contributed by atoms with Crippen LogP contribution in [-0.2, 0) is 32.2 Å². The normalized spacial score (nSPS) is 23.6. The first-order chi connectivity index (χ1) is 9.86. The Morgan fingerprint density at radius 2 is 1.55 bits per heavy atom. The van der Waals surface area contributed by atoms with Gasteiger partial charge in [0, 0.05) is 0 Å². The summed E-state index contributed by atoms with van der Waals surface area (Å²) in [5.41, 5.74) is 3.40. The standard InChI is InChI=1S/C16H20O4/c1-2-16-12(6-17-8-14-10-19-14)4-3-5-13(16)7-18-9-15-11-20-15/h2-5,14-15H,1,6-11H2. The van der Waals surface area contributed by atoms with Crippen LogP contribution in [0.25, 0.3) is 6.08 Å². The van der Waals surface area contributed by atoms with Crippen molar-refractivity contribution in [3.8, 4) is 0 Å². The Balaban J connectivity index is 1.57. The zero-order valence-corrected chi connectivity index (χ0v) is 11.5. The summed E-state index contributed by atoms with van der Waals surface area (Å²) in [6, 6.07) is 6.17. The van der Waals surface area contributed by atoms with E-state index in [0.29, 0.717) is 38.6 Å². The molecule has 2 atom stereocenters. The summed E-state index contributed by atoms with van der Waals surface area (Å²) in [6.45, 7) is 8.05. The van der Waals surface area contributed by atoms with Crippen LogP contribution < -0.4 is 0 Å². The van der Waals surface area contributed by atoms with Crippen molar-refractivity contribution in [2.45, 2.75) is 25.4 Å². The van der Waals surface area contributed by atoms with Crippen molar-refractivity contribution in [2.75, 3.05) is 26.4 Å². The van der Waals surface area contributed by atoms with Crippen LogP contribution in [0.15, 0.2) is 24.8 Å². The number of hydrogen-bond donors (Lipinski definition) is 0. The van der Waals surface area contributed by atoms with E-state index in [1.807, 2.05) is 12.1 Å². The SMILES string of the molecule is C=Cc1c(COCC2CO2)cccc1COCC1CO1. The van der Waals surface area contributed by atoms with Crippen molar-refractivity contribution in [1.29, 1.82) is 0 Å². The highest BCUT2D eigenvalue weighted by molar-refractivity contribution is 5.56. The van der Waals surface area contributed by atoms with Gasteiger partial charge in [0.1, 0.15) is 12.2 Å². The van der Waals surface area contributed by atoms with Gasteiger partial charge in [-0.15, -0.1) is 0 Å². The summed E-state index contributed by atoms with van der Waals surface area (Å²) >= 11 is 0. The van der Waals surface area contributed by atoms with Gasteiger partial charge < -0.3 is 18.9 Å². The van der Waals surface area contributed by atoms with Gasteiger partial charge in [0.15, 0.2) is 0 Å². The molecule has 3 rings (SSSR count). The molecule has 0 aromatic heterocycles. The van der Waals surface area contributed by atoms with Crippen LogP contribution in [0.4, 0.5) is 0 Å². The van der Waals surface area contributed by atoms with Gasteiger partial charge in [-0.1, -0.05) is 30.9 Å². The highest BCUT2D eigenvalue weighted by Gasteiger charge is 2.23. The molecule has 20 heavy (non-hydrogen) atoms. The van der Waals surface area contributed by atoms with Crippen LogP contribution in [0, 0.1) is 0 Å². The van der Waals surface area contributed by atoms with E-state index in [1.54, 1.807) is 0 Å². The number of rotatable bonds is 9. The van der Waals surface area contributed by atoms with E-state index < -0.39 is 0 Å². The summed E-state index contributed by atoms with van der Waals surface area (Å²) in [4.78, 5) is 0. The molecule has 0 bridgehead atoms. The average Bonchev–Trinajstić information content (AvgIpc) is 3.34. The molecule has 0 amide bonds. The molecule has 0 aliphatic carbocycles. The molecule has 2 aliphatic rings. The number of hydrogen-bond acceptors (Lipinski definition) is 4. The van der Waals surface area contributed by atoms with Crippen molar-refractivity contribution in [3.05, 3.63) is 41.5 Å². The fourth-order valence-corrected chi connectivity index (χ4v) is 2.11. The van der Waals surface area contributed by atoms with Gasteiger partial charge in [-0.25, -0.2) is 0 Å². The molecule has 2 fully saturated rings. The molecule has 4 nitrogen and oxygen atoms in total. The second kappa shape index (κ2) is 6.50. The van der Waals surface area contributed by atoms with Gasteiger partial charge in [0.2, 0.25) is 0 Å². The molecule has 0 saturated carbocycles. The molecular formula is C16H20O4. The fourth-order valence-electron chi connectivity index (χ4n) is 2.11. The average molecular weight is 276 g/mol. The first kappa shape index (κ1) is 13.8. The maximum absolute atomic E-state index is 5.66. The van der Waals surface area contributed by atoms with Crippen molar-refractivity contribution in [2.24, 2.45) is 0 Å². The van der Waals surface area contributed by atoms with Crippen LogP contribution >= 0.6 is 0 Å². The summed E-state index contributed by atoms with van der Waals surface area (Å²) in [6.07, 6.45) is 2.47. The van der Waals surface area contributed by atoms with Crippen LogP contribution in [0.5, 0.6) is 0 Å². The van der Waals surface area contributed by atoms with Crippen LogP contribution in [0.2, 0.25) is 0 Å². The third kappa shape index (κ3) is 3.90. The Morgan fingerprint density at radius 3 is 1.95 bits per heavy atom. The van der Waals surface area contributed by atoms with E-state index in [9.17, 15) is 0 Å². The van der Waals surface area contributed by atoms with E-state index in [-0.39, 0.29) is 0 Å². The second-order valence-corrected chi connectivity index (χ2v) is 5.13. The maximum Gasteiger partial charge on any atom is 0.104 e. The highest BCUT2D eigenvalue weighted by atomic mass is 16.6. The van der Waals surface area contributed by atoms with E-state index in [0.717, 1.165) is 29.9 Å². The van der Waals surface area contributed by atoms with E-state index in [2.05, 4.69) is 18.7 Å². The molecule has 2 unspecified atom stereocenters. The number of epoxide rings is 2. The van der Waals surface area contributed by atoms with E-state index in [4.69, 9.17) is 18.9 Å². The molecule has 0 radical (unpaired) electrons. The zero-order chi connectivity index (χ0) is 13.8. The third-order valence-electron chi connectivity index (χ3n) is 3.42. The van der Waals surface area contributed by atoms with Crippen molar-refractivity contribution >= 4 is 6.08 Å². The van der Waals surface area contributed by atoms with Crippen molar-refractivity contribution < 1.29 is 18.9 Å². The van der Waals surface area contributed by atoms with Crippen LogP contribution in [-0.4, -0.2) is 38.6 Å². The molecular weight excluding hydrogens is 256 g/mol. The second-order valence-electron chi connectivity index (χ2n) is 5.13. The molecule has 2 saturated heterocycles. The highest BCUT2D eigenvalue weighted by Crippen LogP contribution is 2.20. The lowest BCUT2D eigenvalue weighted by Gasteiger charge is -2.12. The molecule has 0 spiro atoms. The Bertz CT molecular complexity index is 427. The minimum Gasteiger partial charge on any atom is -0.374 e. The lowest BCUT2D eigenvalue weighted by Crippen LogP contribution is -2.06. The van der Waals surface area contributed by atoms with Crippen molar-refractivity contribution in [1.82, 2.24) is 0 Å². The molecule has 4 heteroatoms. The molecule has 108 valence electrons. The zero-order valence-electron chi connectivity index (χ0n) is 11.5. The van der Waals surface area contributed by atoms with Crippen LogP contribution in [0.3, 0.4) is 0 Å². The first-order valence-electron chi connectivity index (χ1n) is 6.98. The maximum atomic E-state index is 5.66. The molecule has 2 aliphatic heterocycles. The largest absolute Gasteiger partial charge is 0.374 e. The van der Waals surface area contributed by atoms with E-state index in [1.165, 1.54) is 0 Å². The lowest BCUT2D eigenvalue weighted by molar-refractivity contribution is 0.100. The number of benzene rings is 1. The van der Waals surface area contributed by atoms with Gasteiger partial charge in [0.25, 0.3) is 0 Å². The summed E-state index contributed by atoms with van der Waals surface area (Å²) in [5, 5.41) is 0. The fraction of sp³-hybridized carbons (Fsp3) is 0.500. The summed E-state index contributed by atoms with van der Waals surface area (Å²) in [5.74, 6) is 0.